The van der Waals surface area contributed by atoms with Gasteiger partial charge >= 0.3 is 11.9 Å². The lowest BCUT2D eigenvalue weighted by molar-refractivity contribution is -0.153. The zero-order valence-corrected chi connectivity index (χ0v) is 14.9. The second kappa shape index (κ2) is 7.94. The first-order valence-electron chi connectivity index (χ1n) is 8.61. The summed E-state index contributed by atoms with van der Waals surface area (Å²) in [6.07, 6.45) is 10.9. The zero-order chi connectivity index (χ0) is 16.8. The molecule has 0 aromatic carbocycles. The molecule has 0 spiro atoms. The Hall–Kier alpha value is -1.12. The van der Waals surface area contributed by atoms with Crippen molar-refractivity contribution in [3.63, 3.8) is 0 Å². The maximum absolute atomic E-state index is 11.4. The van der Waals surface area contributed by atoms with Crippen molar-refractivity contribution in [3.05, 3.63) is 12.2 Å². The molecule has 126 valence electrons. The third-order valence-corrected chi connectivity index (χ3v) is 4.87. The number of cyclic esters (lactones) is 2. The van der Waals surface area contributed by atoms with E-state index in [1.54, 1.807) is 0 Å². The van der Waals surface area contributed by atoms with Gasteiger partial charge in [0.2, 0.25) is 0 Å². The maximum atomic E-state index is 11.4. The Bertz CT molecular complexity index is 422. The van der Waals surface area contributed by atoms with Gasteiger partial charge in [-0.1, -0.05) is 59.6 Å². The van der Waals surface area contributed by atoms with Crippen LogP contribution in [0.2, 0.25) is 0 Å². The number of carbonyl (C=O) groups excluding carboxylic acids is 2. The molecule has 0 bridgehead atoms. The average Bonchev–Trinajstić information content (AvgIpc) is 2.73. The molecule has 0 N–H and O–H groups in total. The quantitative estimate of drug-likeness (QED) is 0.340. The molecule has 1 rings (SSSR count). The summed E-state index contributed by atoms with van der Waals surface area (Å²) in [6, 6.07) is 0. The van der Waals surface area contributed by atoms with Crippen LogP contribution in [0, 0.1) is 16.7 Å². The third kappa shape index (κ3) is 5.94. The predicted octanol–water partition coefficient (Wildman–Crippen LogP) is 5.05. The Morgan fingerprint density at radius 2 is 1.86 bits per heavy atom. The topological polar surface area (TPSA) is 43.4 Å². The number of ether oxygens (including phenoxy) is 1. The van der Waals surface area contributed by atoms with E-state index in [1.165, 1.54) is 25.7 Å². The Labute approximate surface area is 135 Å². The Kier molecular flexibility index (Phi) is 6.83. The van der Waals surface area contributed by atoms with Crippen molar-refractivity contribution in [1.29, 1.82) is 0 Å². The van der Waals surface area contributed by atoms with E-state index in [2.05, 4.69) is 51.5 Å². The summed E-state index contributed by atoms with van der Waals surface area (Å²) in [5, 5.41) is 0. The van der Waals surface area contributed by atoms with Crippen LogP contribution in [-0.4, -0.2) is 11.9 Å². The molecular weight excluding hydrogens is 276 g/mol. The Balaban J connectivity index is 2.54. The Morgan fingerprint density at radius 3 is 2.36 bits per heavy atom. The van der Waals surface area contributed by atoms with Crippen LogP contribution in [0.5, 0.6) is 0 Å². The lowest BCUT2D eigenvalue weighted by Crippen LogP contribution is -2.25. The van der Waals surface area contributed by atoms with E-state index in [9.17, 15) is 9.59 Å². The SMILES string of the molecule is CCCC(C)(CC=CCC1CC(=O)OC1=O)CC(C)(C)CC. The molecule has 0 saturated carbocycles. The van der Waals surface area contributed by atoms with Gasteiger partial charge in [-0.2, -0.15) is 0 Å². The van der Waals surface area contributed by atoms with Gasteiger partial charge in [-0.3, -0.25) is 9.59 Å². The van der Waals surface area contributed by atoms with Gasteiger partial charge in [0.1, 0.15) is 0 Å². The van der Waals surface area contributed by atoms with Crippen molar-refractivity contribution in [1.82, 2.24) is 0 Å². The fraction of sp³-hybridized carbons (Fsp3) is 0.789. The van der Waals surface area contributed by atoms with Gasteiger partial charge in [0.15, 0.2) is 0 Å². The van der Waals surface area contributed by atoms with Crippen LogP contribution in [-0.2, 0) is 14.3 Å². The van der Waals surface area contributed by atoms with Gasteiger partial charge in [-0.05, 0) is 36.5 Å². The van der Waals surface area contributed by atoms with Crippen molar-refractivity contribution >= 4 is 11.9 Å². The first-order valence-corrected chi connectivity index (χ1v) is 8.61. The standard InChI is InChI=1S/C19H32O3/c1-6-11-19(5,14-18(3,4)7-2)12-9-8-10-15-13-16(20)22-17(15)21/h8-9,15H,6-7,10-14H2,1-5H3. The van der Waals surface area contributed by atoms with E-state index in [-0.39, 0.29) is 24.3 Å². The van der Waals surface area contributed by atoms with Crippen molar-refractivity contribution in [3.8, 4) is 0 Å². The van der Waals surface area contributed by atoms with Crippen LogP contribution in [0.1, 0.15) is 79.6 Å². The lowest BCUT2D eigenvalue weighted by atomic mass is 9.69. The van der Waals surface area contributed by atoms with Crippen LogP contribution in [0.15, 0.2) is 12.2 Å². The monoisotopic (exact) mass is 308 g/mol. The highest BCUT2D eigenvalue weighted by atomic mass is 16.6. The van der Waals surface area contributed by atoms with Crippen molar-refractivity contribution in [2.75, 3.05) is 0 Å². The van der Waals surface area contributed by atoms with Gasteiger partial charge in [0, 0.05) is 0 Å². The fourth-order valence-corrected chi connectivity index (χ4v) is 3.48. The van der Waals surface area contributed by atoms with Crippen LogP contribution in [0.25, 0.3) is 0 Å². The highest BCUT2D eigenvalue weighted by Crippen LogP contribution is 2.42. The molecular formula is C19H32O3. The number of rotatable bonds is 9. The third-order valence-electron chi connectivity index (χ3n) is 4.87. The molecule has 0 aromatic rings. The van der Waals surface area contributed by atoms with E-state index in [4.69, 9.17) is 0 Å². The van der Waals surface area contributed by atoms with Crippen LogP contribution < -0.4 is 0 Å². The molecule has 3 nitrogen and oxygen atoms in total. The minimum absolute atomic E-state index is 0.234. The second-order valence-corrected chi connectivity index (χ2v) is 7.86. The summed E-state index contributed by atoms with van der Waals surface area (Å²) in [7, 11) is 0. The highest BCUT2D eigenvalue weighted by molar-refractivity contribution is 5.94. The lowest BCUT2D eigenvalue weighted by Gasteiger charge is -2.36. The van der Waals surface area contributed by atoms with Gasteiger partial charge < -0.3 is 4.74 Å². The molecule has 0 amide bonds. The minimum Gasteiger partial charge on any atom is -0.393 e. The first kappa shape index (κ1) is 18.9. The molecule has 22 heavy (non-hydrogen) atoms. The van der Waals surface area contributed by atoms with Crippen molar-refractivity contribution in [2.45, 2.75) is 79.6 Å². The molecule has 1 aliphatic heterocycles. The number of carbonyl (C=O) groups is 2. The van der Waals surface area contributed by atoms with Crippen LogP contribution in [0.3, 0.4) is 0 Å². The minimum atomic E-state index is -0.385. The smallest absolute Gasteiger partial charge is 0.317 e. The first-order chi connectivity index (χ1) is 10.2. The van der Waals surface area contributed by atoms with Crippen molar-refractivity contribution < 1.29 is 14.3 Å². The summed E-state index contributed by atoms with van der Waals surface area (Å²) in [5.74, 6) is -1.02. The molecule has 1 aliphatic rings. The van der Waals surface area contributed by atoms with Crippen LogP contribution in [0.4, 0.5) is 0 Å². The number of allylic oxidation sites excluding steroid dienone is 2. The molecule has 2 unspecified atom stereocenters. The number of hydrogen-bond donors (Lipinski definition) is 0. The van der Waals surface area contributed by atoms with Crippen LogP contribution >= 0.6 is 0 Å². The Morgan fingerprint density at radius 1 is 1.18 bits per heavy atom. The molecule has 3 heteroatoms. The fourth-order valence-electron chi connectivity index (χ4n) is 3.48. The molecule has 0 aromatic heterocycles. The molecule has 0 aliphatic carbocycles. The summed E-state index contributed by atoms with van der Waals surface area (Å²) >= 11 is 0. The summed E-state index contributed by atoms with van der Waals surface area (Å²) < 4.78 is 4.58. The molecule has 1 saturated heterocycles. The van der Waals surface area contributed by atoms with Gasteiger partial charge in [-0.15, -0.1) is 0 Å². The molecule has 1 heterocycles. The average molecular weight is 308 g/mol. The predicted molar refractivity (Wildman–Crippen MR) is 89.3 cm³/mol. The molecule has 1 fully saturated rings. The van der Waals surface area contributed by atoms with Gasteiger partial charge in [-0.25, -0.2) is 0 Å². The summed E-state index contributed by atoms with van der Waals surface area (Å²) in [4.78, 5) is 22.5. The van der Waals surface area contributed by atoms with E-state index in [0.29, 0.717) is 17.3 Å². The van der Waals surface area contributed by atoms with E-state index >= 15 is 0 Å². The summed E-state index contributed by atoms with van der Waals surface area (Å²) in [6.45, 7) is 11.5. The summed E-state index contributed by atoms with van der Waals surface area (Å²) in [5.41, 5.74) is 0.663. The number of esters is 2. The molecule has 0 radical (unpaired) electrons. The highest BCUT2D eigenvalue weighted by Gasteiger charge is 2.32. The van der Waals surface area contributed by atoms with E-state index in [1.807, 2.05) is 0 Å². The van der Waals surface area contributed by atoms with E-state index < -0.39 is 0 Å². The normalized spacial score (nSPS) is 22.1. The number of hydrogen-bond acceptors (Lipinski definition) is 3. The van der Waals surface area contributed by atoms with Gasteiger partial charge in [0.05, 0.1) is 12.3 Å². The molecule has 2 atom stereocenters. The van der Waals surface area contributed by atoms with Crippen molar-refractivity contribution in [2.24, 2.45) is 16.7 Å². The van der Waals surface area contributed by atoms with Gasteiger partial charge in [0.25, 0.3) is 0 Å². The largest absolute Gasteiger partial charge is 0.393 e. The van der Waals surface area contributed by atoms with E-state index in [0.717, 1.165) is 6.42 Å². The second-order valence-electron chi connectivity index (χ2n) is 7.86. The maximum Gasteiger partial charge on any atom is 0.317 e. The zero-order valence-electron chi connectivity index (χ0n) is 14.9.